The maximum Gasteiger partial charge on any atom is 0.211 e. The maximum absolute atomic E-state index is 11.4. The average molecular weight is 347 g/mol. The van der Waals surface area contributed by atoms with Crippen molar-refractivity contribution in [1.82, 2.24) is 19.5 Å². The molecule has 0 spiro atoms. The molecule has 1 saturated heterocycles. The summed E-state index contributed by atoms with van der Waals surface area (Å²) in [4.78, 5) is 9.39. The van der Waals surface area contributed by atoms with Crippen molar-refractivity contribution >= 4 is 21.4 Å². The molecular weight excluding hydrogens is 320 g/mol. The number of rotatable bonds is 8. The normalized spacial score (nSPS) is 17.9. The molecule has 1 aliphatic heterocycles. The van der Waals surface area contributed by atoms with Crippen molar-refractivity contribution in [2.24, 2.45) is 0 Å². The molecule has 1 N–H and O–H groups in total. The first kappa shape index (κ1) is 17.8. The van der Waals surface area contributed by atoms with Crippen LogP contribution < -0.4 is 4.72 Å². The minimum Gasteiger partial charge on any atom is -0.301 e. The molecule has 0 unspecified atom stereocenters. The van der Waals surface area contributed by atoms with Crippen LogP contribution in [-0.2, 0) is 23.0 Å². The molecule has 0 atom stereocenters. The van der Waals surface area contributed by atoms with Crippen LogP contribution in [0.2, 0.25) is 0 Å². The molecule has 0 saturated carbocycles. The summed E-state index contributed by atoms with van der Waals surface area (Å²) in [6, 6.07) is 0. The van der Waals surface area contributed by atoms with Crippen LogP contribution in [0, 0.1) is 0 Å². The fraction of sp³-hybridized carbons (Fsp3) is 0.786. The number of thiazole rings is 1. The summed E-state index contributed by atoms with van der Waals surface area (Å²) in [5, 5.41) is 3.37. The summed E-state index contributed by atoms with van der Waals surface area (Å²) < 4.78 is 25.1. The van der Waals surface area contributed by atoms with Crippen LogP contribution in [0.15, 0.2) is 5.38 Å². The van der Waals surface area contributed by atoms with E-state index >= 15 is 0 Å². The van der Waals surface area contributed by atoms with Crippen LogP contribution in [0.1, 0.15) is 24.0 Å². The van der Waals surface area contributed by atoms with Gasteiger partial charge in [-0.2, -0.15) is 0 Å². The first-order valence-electron chi connectivity index (χ1n) is 7.81. The number of hydrogen-bond donors (Lipinski definition) is 1. The summed E-state index contributed by atoms with van der Waals surface area (Å²) >= 11 is 1.74. The molecule has 0 aromatic carbocycles. The van der Waals surface area contributed by atoms with Crippen molar-refractivity contribution in [2.45, 2.75) is 26.3 Å². The summed E-state index contributed by atoms with van der Waals surface area (Å²) in [7, 11) is -1.60. The minimum atomic E-state index is -3.07. The molecule has 1 aromatic heterocycles. The Morgan fingerprint density at radius 3 is 2.55 bits per heavy atom. The summed E-state index contributed by atoms with van der Waals surface area (Å²) in [6.07, 6.45) is 1.70. The Morgan fingerprint density at radius 1 is 1.27 bits per heavy atom. The van der Waals surface area contributed by atoms with Crippen LogP contribution in [0.25, 0.3) is 0 Å². The molecule has 2 rings (SSSR count). The standard InChI is InChI=1S/C14H26N4O2S2/c1-3-14-16-13(12-21-14)11-18-8-6-17(7-9-18)5-4-10-22(19,20)15-2/h12,15H,3-11H2,1-2H3. The Kier molecular flexibility index (Phi) is 6.76. The van der Waals surface area contributed by atoms with Crippen molar-refractivity contribution in [3.8, 4) is 0 Å². The molecule has 2 heterocycles. The molecule has 0 amide bonds. The SMILES string of the molecule is CCc1nc(CN2CCN(CCCS(=O)(=O)NC)CC2)cs1. The van der Waals surface area contributed by atoms with Crippen LogP contribution in [-0.4, -0.2) is 68.7 Å². The zero-order valence-electron chi connectivity index (χ0n) is 13.4. The van der Waals surface area contributed by atoms with Crippen molar-refractivity contribution < 1.29 is 8.42 Å². The third-order valence-corrected chi connectivity index (χ3v) is 6.44. The highest BCUT2D eigenvalue weighted by Gasteiger charge is 2.18. The molecule has 0 radical (unpaired) electrons. The highest BCUT2D eigenvalue weighted by atomic mass is 32.2. The molecule has 1 aromatic rings. The topological polar surface area (TPSA) is 65.5 Å². The lowest BCUT2D eigenvalue weighted by molar-refractivity contribution is 0.126. The zero-order valence-corrected chi connectivity index (χ0v) is 15.0. The Balaban J connectivity index is 1.67. The lowest BCUT2D eigenvalue weighted by Gasteiger charge is -2.34. The highest BCUT2D eigenvalue weighted by Crippen LogP contribution is 2.13. The predicted molar refractivity (Wildman–Crippen MR) is 90.7 cm³/mol. The van der Waals surface area contributed by atoms with Gasteiger partial charge in [0.25, 0.3) is 0 Å². The monoisotopic (exact) mass is 346 g/mol. The van der Waals surface area contributed by atoms with Gasteiger partial charge < -0.3 is 4.90 Å². The van der Waals surface area contributed by atoms with Gasteiger partial charge >= 0.3 is 0 Å². The molecule has 0 bridgehead atoms. The van der Waals surface area contributed by atoms with Crippen LogP contribution in [0.4, 0.5) is 0 Å². The third kappa shape index (κ3) is 5.58. The van der Waals surface area contributed by atoms with Gasteiger partial charge in [-0.05, 0) is 26.4 Å². The third-order valence-electron chi connectivity index (χ3n) is 3.95. The van der Waals surface area contributed by atoms with Crippen molar-refractivity contribution in [2.75, 3.05) is 45.5 Å². The van der Waals surface area contributed by atoms with Gasteiger partial charge in [0.15, 0.2) is 0 Å². The smallest absolute Gasteiger partial charge is 0.211 e. The highest BCUT2D eigenvalue weighted by molar-refractivity contribution is 7.89. The summed E-state index contributed by atoms with van der Waals surface area (Å²) in [5.41, 5.74) is 1.18. The van der Waals surface area contributed by atoms with Gasteiger partial charge in [0, 0.05) is 38.1 Å². The molecule has 1 aliphatic rings. The number of aromatic nitrogens is 1. The van der Waals surface area contributed by atoms with Crippen molar-refractivity contribution in [1.29, 1.82) is 0 Å². The summed E-state index contributed by atoms with van der Waals surface area (Å²) in [5.74, 6) is 0.211. The van der Waals surface area contributed by atoms with Crippen LogP contribution in [0.5, 0.6) is 0 Å². The molecule has 0 aliphatic carbocycles. The number of nitrogens with zero attached hydrogens (tertiary/aromatic N) is 3. The first-order chi connectivity index (χ1) is 10.5. The molecule has 126 valence electrons. The van der Waals surface area contributed by atoms with Gasteiger partial charge in [-0.1, -0.05) is 6.92 Å². The van der Waals surface area contributed by atoms with E-state index in [9.17, 15) is 8.42 Å². The first-order valence-corrected chi connectivity index (χ1v) is 10.3. The molecule has 8 heteroatoms. The molecule has 6 nitrogen and oxygen atoms in total. The molecule has 22 heavy (non-hydrogen) atoms. The van der Waals surface area contributed by atoms with Crippen molar-refractivity contribution in [3.05, 3.63) is 16.1 Å². The van der Waals surface area contributed by atoms with Gasteiger partial charge in [0.05, 0.1) is 16.5 Å². The van der Waals surface area contributed by atoms with E-state index in [0.717, 1.165) is 45.7 Å². The number of nitrogens with one attached hydrogen (secondary N) is 1. The molecule has 1 fully saturated rings. The van der Waals surface area contributed by atoms with E-state index in [0.29, 0.717) is 6.42 Å². The van der Waals surface area contributed by atoms with Crippen LogP contribution in [0.3, 0.4) is 0 Å². The van der Waals surface area contributed by atoms with Gasteiger partial charge in [-0.25, -0.2) is 18.1 Å². The number of piperazine rings is 1. The average Bonchev–Trinajstić information content (AvgIpc) is 2.96. The predicted octanol–water partition coefficient (Wildman–Crippen LogP) is 0.762. The van der Waals surface area contributed by atoms with Gasteiger partial charge in [0.1, 0.15) is 0 Å². The number of sulfonamides is 1. The minimum absolute atomic E-state index is 0.211. The van der Waals surface area contributed by atoms with E-state index in [1.54, 1.807) is 11.3 Å². The second-order valence-corrected chi connectivity index (χ2v) is 8.57. The van der Waals surface area contributed by atoms with Crippen molar-refractivity contribution in [3.63, 3.8) is 0 Å². The second-order valence-electron chi connectivity index (χ2n) is 5.58. The zero-order chi connectivity index (χ0) is 16.0. The van der Waals surface area contributed by atoms with E-state index in [-0.39, 0.29) is 5.75 Å². The van der Waals surface area contributed by atoms with Gasteiger partial charge in [-0.3, -0.25) is 4.90 Å². The Bertz CT molecular complexity index is 551. The van der Waals surface area contributed by atoms with E-state index in [1.807, 2.05) is 0 Å². The Hall–Kier alpha value is -0.540. The van der Waals surface area contributed by atoms with E-state index in [2.05, 4.69) is 31.8 Å². The van der Waals surface area contributed by atoms with Gasteiger partial charge in [-0.15, -0.1) is 11.3 Å². The largest absolute Gasteiger partial charge is 0.301 e. The van der Waals surface area contributed by atoms with E-state index in [1.165, 1.54) is 17.7 Å². The van der Waals surface area contributed by atoms with E-state index < -0.39 is 10.0 Å². The number of aryl methyl sites for hydroxylation is 1. The maximum atomic E-state index is 11.4. The van der Waals surface area contributed by atoms with Crippen LogP contribution >= 0.6 is 11.3 Å². The number of hydrogen-bond acceptors (Lipinski definition) is 6. The molecular formula is C14H26N4O2S2. The van der Waals surface area contributed by atoms with E-state index in [4.69, 9.17) is 0 Å². The lowest BCUT2D eigenvalue weighted by atomic mass is 10.3. The summed E-state index contributed by atoms with van der Waals surface area (Å²) in [6.45, 7) is 7.98. The fourth-order valence-electron chi connectivity index (χ4n) is 2.56. The quantitative estimate of drug-likeness (QED) is 0.753. The van der Waals surface area contributed by atoms with Gasteiger partial charge in [0.2, 0.25) is 10.0 Å². The second kappa shape index (κ2) is 8.35. The Morgan fingerprint density at radius 2 is 1.95 bits per heavy atom. The lowest BCUT2D eigenvalue weighted by Crippen LogP contribution is -2.46. The fourth-order valence-corrected chi connectivity index (χ4v) is 4.01. The Labute approximate surface area is 137 Å².